The number of carbonyl (C=O) groups excluding carboxylic acids is 2. The molecule has 2 aromatic carbocycles. The number of carbonyl (C=O) groups is 2. The van der Waals surface area contributed by atoms with E-state index in [1.54, 1.807) is 36.0 Å². The number of ether oxygens (including phenoxy) is 2. The molecule has 0 bridgehead atoms. The van der Waals surface area contributed by atoms with E-state index in [2.05, 4.69) is 0 Å². The van der Waals surface area contributed by atoms with Crippen LogP contribution in [0.2, 0.25) is 0 Å². The van der Waals surface area contributed by atoms with Crippen molar-refractivity contribution < 1.29 is 19.1 Å². The molecular weight excluding hydrogens is 326 g/mol. The fourth-order valence-corrected chi connectivity index (χ4v) is 3.69. The van der Waals surface area contributed by atoms with Crippen LogP contribution in [0.5, 0.6) is 11.5 Å². The highest BCUT2D eigenvalue weighted by molar-refractivity contribution is 7.98. The number of hydrogen-bond acceptors (Lipinski definition) is 5. The van der Waals surface area contributed by atoms with Gasteiger partial charge in [-0.3, -0.25) is 14.5 Å². The molecule has 0 N–H and O–H groups in total. The number of nitrogens with zero attached hydrogens (tertiary/aromatic N) is 1. The topological polar surface area (TPSA) is 55.8 Å². The molecule has 2 aliphatic rings. The molecule has 0 saturated carbocycles. The van der Waals surface area contributed by atoms with E-state index in [1.807, 2.05) is 18.2 Å². The highest BCUT2D eigenvalue weighted by Crippen LogP contribution is 2.33. The van der Waals surface area contributed by atoms with Gasteiger partial charge in [0.25, 0.3) is 11.8 Å². The fourth-order valence-electron chi connectivity index (χ4n) is 2.82. The van der Waals surface area contributed by atoms with E-state index in [4.69, 9.17) is 9.47 Å². The van der Waals surface area contributed by atoms with E-state index in [1.165, 1.54) is 4.90 Å². The third kappa shape index (κ3) is 2.63. The van der Waals surface area contributed by atoms with Crippen molar-refractivity contribution in [3.05, 3.63) is 59.2 Å². The van der Waals surface area contributed by atoms with Gasteiger partial charge in [-0.1, -0.05) is 18.2 Å². The molecule has 2 heterocycles. The minimum Gasteiger partial charge on any atom is -0.454 e. The lowest BCUT2D eigenvalue weighted by atomic mass is 10.1. The number of hydrogen-bond donors (Lipinski definition) is 0. The summed E-state index contributed by atoms with van der Waals surface area (Å²) in [4.78, 5) is 25.9. The van der Waals surface area contributed by atoms with Gasteiger partial charge in [-0.05, 0) is 29.8 Å². The van der Waals surface area contributed by atoms with Crippen LogP contribution in [0.1, 0.15) is 26.3 Å². The number of rotatable bonds is 5. The van der Waals surface area contributed by atoms with Crippen LogP contribution in [-0.2, 0) is 5.75 Å². The van der Waals surface area contributed by atoms with Crippen LogP contribution in [0.4, 0.5) is 0 Å². The number of imide groups is 1. The van der Waals surface area contributed by atoms with Crippen LogP contribution in [0.15, 0.2) is 42.5 Å². The van der Waals surface area contributed by atoms with Gasteiger partial charge >= 0.3 is 0 Å². The average Bonchev–Trinajstić information content (AvgIpc) is 3.16. The van der Waals surface area contributed by atoms with Crippen molar-refractivity contribution in [2.75, 3.05) is 19.1 Å². The van der Waals surface area contributed by atoms with Crippen molar-refractivity contribution >= 4 is 23.6 Å². The van der Waals surface area contributed by atoms with Gasteiger partial charge in [0, 0.05) is 18.1 Å². The summed E-state index contributed by atoms with van der Waals surface area (Å²) in [6, 6.07) is 12.8. The molecule has 4 rings (SSSR count). The van der Waals surface area contributed by atoms with Crippen LogP contribution in [-0.4, -0.2) is 35.8 Å². The van der Waals surface area contributed by atoms with Crippen LogP contribution >= 0.6 is 11.8 Å². The van der Waals surface area contributed by atoms with Gasteiger partial charge in [0.2, 0.25) is 6.79 Å². The lowest BCUT2D eigenvalue weighted by molar-refractivity contribution is 0.0664. The maximum absolute atomic E-state index is 12.3. The van der Waals surface area contributed by atoms with Crippen molar-refractivity contribution in [1.82, 2.24) is 4.90 Å². The van der Waals surface area contributed by atoms with Crippen LogP contribution < -0.4 is 9.47 Å². The molecular formula is C18H15NO4S. The van der Waals surface area contributed by atoms with Gasteiger partial charge < -0.3 is 9.47 Å². The van der Waals surface area contributed by atoms with E-state index >= 15 is 0 Å². The molecule has 24 heavy (non-hydrogen) atoms. The summed E-state index contributed by atoms with van der Waals surface area (Å²) in [6.07, 6.45) is 0. The molecule has 0 aromatic heterocycles. The number of thioether (sulfide) groups is 1. The van der Waals surface area contributed by atoms with Gasteiger partial charge in [0.05, 0.1) is 11.1 Å². The smallest absolute Gasteiger partial charge is 0.261 e. The predicted molar refractivity (Wildman–Crippen MR) is 90.5 cm³/mol. The van der Waals surface area contributed by atoms with Gasteiger partial charge in [-0.2, -0.15) is 11.8 Å². The van der Waals surface area contributed by atoms with E-state index in [9.17, 15) is 9.59 Å². The van der Waals surface area contributed by atoms with E-state index < -0.39 is 0 Å². The molecule has 0 radical (unpaired) electrons. The van der Waals surface area contributed by atoms with Gasteiger partial charge in [0.1, 0.15) is 0 Å². The molecule has 0 saturated heterocycles. The molecule has 0 atom stereocenters. The lowest BCUT2D eigenvalue weighted by Crippen LogP contribution is -2.31. The number of benzene rings is 2. The standard InChI is InChI=1S/C18H15NO4S/c20-17-13-3-1-2-4-14(13)18(21)19(17)7-8-24-10-12-5-6-15-16(9-12)23-11-22-15/h1-6,9H,7-8,10-11H2. The SMILES string of the molecule is O=C1c2ccccc2C(=O)N1CCSCc1ccc2c(c1)OCO2. The van der Waals surface area contributed by atoms with Crippen molar-refractivity contribution in [2.24, 2.45) is 0 Å². The molecule has 0 spiro atoms. The van der Waals surface area contributed by atoms with Crippen molar-refractivity contribution in [3.8, 4) is 11.5 Å². The average molecular weight is 341 g/mol. The van der Waals surface area contributed by atoms with Crippen molar-refractivity contribution in [3.63, 3.8) is 0 Å². The fraction of sp³-hybridized carbons (Fsp3) is 0.222. The predicted octanol–water partition coefficient (Wildman–Crippen LogP) is 2.94. The summed E-state index contributed by atoms with van der Waals surface area (Å²) in [5.74, 6) is 2.64. The lowest BCUT2D eigenvalue weighted by Gasteiger charge is -2.13. The molecule has 0 unspecified atom stereocenters. The summed E-state index contributed by atoms with van der Waals surface area (Å²) < 4.78 is 10.7. The van der Waals surface area contributed by atoms with E-state index in [0.717, 1.165) is 22.8 Å². The molecule has 2 aromatic rings. The molecule has 5 nitrogen and oxygen atoms in total. The highest BCUT2D eigenvalue weighted by atomic mass is 32.2. The maximum atomic E-state index is 12.3. The highest BCUT2D eigenvalue weighted by Gasteiger charge is 2.34. The Morgan fingerprint density at radius 2 is 1.67 bits per heavy atom. The molecule has 0 fully saturated rings. The second-order valence-electron chi connectivity index (χ2n) is 5.55. The van der Waals surface area contributed by atoms with Gasteiger partial charge in [0.15, 0.2) is 11.5 Å². The quantitative estimate of drug-likeness (QED) is 0.618. The zero-order valence-electron chi connectivity index (χ0n) is 12.9. The summed E-state index contributed by atoms with van der Waals surface area (Å²) in [5.41, 5.74) is 2.14. The van der Waals surface area contributed by atoms with E-state index in [0.29, 0.717) is 23.4 Å². The third-order valence-electron chi connectivity index (χ3n) is 4.04. The first-order chi connectivity index (χ1) is 11.7. The van der Waals surface area contributed by atoms with Crippen molar-refractivity contribution in [1.29, 1.82) is 0 Å². The van der Waals surface area contributed by atoms with Gasteiger partial charge in [-0.25, -0.2) is 0 Å². The monoisotopic (exact) mass is 341 g/mol. The summed E-state index contributed by atoms with van der Waals surface area (Å²) in [6.45, 7) is 0.688. The normalized spacial score (nSPS) is 15.1. The second kappa shape index (κ2) is 6.20. The Morgan fingerprint density at radius 1 is 0.958 bits per heavy atom. The minimum absolute atomic E-state index is 0.195. The Balaban J connectivity index is 1.32. The first-order valence-corrected chi connectivity index (χ1v) is 8.81. The molecule has 0 aliphatic carbocycles. The summed E-state index contributed by atoms with van der Waals surface area (Å²) >= 11 is 1.68. The summed E-state index contributed by atoms with van der Waals surface area (Å²) in [7, 11) is 0. The number of fused-ring (bicyclic) bond motifs is 2. The second-order valence-corrected chi connectivity index (χ2v) is 6.65. The van der Waals surface area contributed by atoms with Crippen LogP contribution in [0.25, 0.3) is 0 Å². The first-order valence-electron chi connectivity index (χ1n) is 7.65. The minimum atomic E-state index is -0.195. The van der Waals surface area contributed by atoms with Gasteiger partial charge in [-0.15, -0.1) is 0 Å². The Morgan fingerprint density at radius 3 is 2.42 bits per heavy atom. The van der Waals surface area contributed by atoms with E-state index in [-0.39, 0.29) is 18.6 Å². The van der Waals surface area contributed by atoms with Crippen molar-refractivity contribution in [2.45, 2.75) is 5.75 Å². The third-order valence-corrected chi connectivity index (χ3v) is 5.05. The first kappa shape index (κ1) is 15.1. The van der Waals surface area contributed by atoms with Crippen LogP contribution in [0.3, 0.4) is 0 Å². The zero-order chi connectivity index (χ0) is 16.5. The van der Waals surface area contributed by atoms with Crippen LogP contribution in [0, 0.1) is 0 Å². The Hall–Kier alpha value is -2.47. The molecule has 2 aliphatic heterocycles. The Labute approximate surface area is 143 Å². The Bertz CT molecular complexity index is 785. The molecule has 2 amide bonds. The summed E-state index contributed by atoms with van der Waals surface area (Å²) in [5, 5.41) is 0. The maximum Gasteiger partial charge on any atom is 0.261 e. The largest absolute Gasteiger partial charge is 0.454 e. The number of amides is 2. The zero-order valence-corrected chi connectivity index (χ0v) is 13.7. The molecule has 122 valence electrons. The Kier molecular flexibility index (Phi) is 3.90. The molecule has 6 heteroatoms.